The highest BCUT2D eigenvalue weighted by atomic mass is 19.4. The summed E-state index contributed by atoms with van der Waals surface area (Å²) in [4.78, 5) is 15.8. The minimum atomic E-state index is -5.82. The molecule has 0 aliphatic carbocycles. The molecular formula is C12H25B7F6N2O2. The lowest BCUT2D eigenvalue weighted by molar-refractivity contribution is -0.331. The van der Waals surface area contributed by atoms with Crippen molar-refractivity contribution in [2.24, 2.45) is 0 Å². The fraction of sp³-hybridized carbons (Fsp3) is 0.917. The monoisotopic (exact) mass is 420 g/mol. The Morgan fingerprint density at radius 2 is 1.24 bits per heavy atom. The molecule has 1 saturated heterocycles. The van der Waals surface area contributed by atoms with Gasteiger partial charge in [0.25, 0.3) is 5.50 Å². The van der Waals surface area contributed by atoms with Crippen LogP contribution in [0.2, 0.25) is 0 Å². The second kappa shape index (κ2) is 6.89. The van der Waals surface area contributed by atoms with E-state index in [9.17, 15) is 31.1 Å². The summed E-state index contributed by atoms with van der Waals surface area (Å²) in [5, 5.41) is -2.69. The first-order valence-electron chi connectivity index (χ1n) is 9.28. The van der Waals surface area contributed by atoms with Crippen LogP contribution in [-0.2, 0) is 4.74 Å². The van der Waals surface area contributed by atoms with E-state index in [1.165, 1.54) is 0 Å². The average molecular weight is 419 g/mol. The first kappa shape index (κ1) is 26.3. The number of alkyl halides is 6. The third-order valence-corrected chi connectivity index (χ3v) is 6.15. The molecule has 0 unspecified atom stereocenters. The standard InChI is InChI=1S/C12H25B7F6N2O2/c1-6(2,3)27-7(13,14)4-26(9(16,17)10(27,18)19)5(28)29-8(15,11(20,21)22)12(23,24)25/h4,13-19H2,1-3H3. The smallest absolute Gasteiger partial charge is 0.428 e. The number of nitrogens with zero attached hydrogens (tertiary/aromatic N) is 2. The third kappa shape index (κ3) is 4.21. The van der Waals surface area contributed by atoms with Crippen LogP contribution >= 0.6 is 0 Å². The molecule has 0 aromatic carbocycles. The molecule has 1 fully saturated rings. The van der Waals surface area contributed by atoms with Gasteiger partial charge in [-0.2, -0.15) is 26.3 Å². The van der Waals surface area contributed by atoms with Gasteiger partial charge in [-0.3, -0.25) is 0 Å². The maximum Gasteiger partial charge on any atom is 0.428 e. The number of carbonyl (C=O) groups excluding carboxylic acids is 1. The second-order valence-electron chi connectivity index (χ2n) is 10.4. The zero-order valence-corrected chi connectivity index (χ0v) is 18.7. The Bertz CT molecular complexity index is 649. The number of piperazine rings is 1. The fourth-order valence-electron chi connectivity index (χ4n) is 4.56. The highest BCUT2D eigenvalue weighted by Crippen LogP contribution is 2.45. The Labute approximate surface area is 174 Å². The molecule has 0 saturated carbocycles. The maximum atomic E-state index is 13.2. The zero-order valence-electron chi connectivity index (χ0n) is 18.7. The second-order valence-corrected chi connectivity index (χ2v) is 10.4. The van der Waals surface area contributed by atoms with Crippen LogP contribution in [0, 0.1) is 0 Å². The molecule has 1 rings (SSSR count). The highest BCUT2D eigenvalue weighted by molar-refractivity contribution is 6.56. The van der Waals surface area contributed by atoms with Crippen molar-refractivity contribution < 1.29 is 35.9 Å². The summed E-state index contributed by atoms with van der Waals surface area (Å²) in [5.41, 5.74) is -4.99. The molecule has 1 aliphatic rings. The highest BCUT2D eigenvalue weighted by Gasteiger charge is 2.71. The summed E-state index contributed by atoms with van der Waals surface area (Å²) >= 11 is 0. The van der Waals surface area contributed by atoms with Crippen LogP contribution < -0.4 is 0 Å². The Kier molecular flexibility index (Phi) is 6.24. The van der Waals surface area contributed by atoms with Crippen molar-refractivity contribution in [3.8, 4) is 0 Å². The molecule has 0 N–H and O–H groups in total. The molecule has 4 nitrogen and oxygen atoms in total. The van der Waals surface area contributed by atoms with Gasteiger partial charge in [-0.1, -0.05) is 0 Å². The molecule has 0 bridgehead atoms. The average Bonchev–Trinajstić information content (AvgIpc) is 2.37. The van der Waals surface area contributed by atoms with Crippen LogP contribution in [0.4, 0.5) is 31.1 Å². The topological polar surface area (TPSA) is 32.8 Å². The van der Waals surface area contributed by atoms with E-state index in [0.717, 1.165) is 4.90 Å². The van der Waals surface area contributed by atoms with E-state index in [4.69, 9.17) is 0 Å². The van der Waals surface area contributed by atoms with Gasteiger partial charge >= 0.3 is 18.4 Å². The number of amides is 1. The summed E-state index contributed by atoms with van der Waals surface area (Å²) in [7, 11) is 10.3. The molecule has 1 aliphatic heterocycles. The van der Waals surface area contributed by atoms with Gasteiger partial charge in [-0.05, 0) is 36.8 Å². The van der Waals surface area contributed by atoms with Crippen molar-refractivity contribution in [1.29, 1.82) is 0 Å². The van der Waals surface area contributed by atoms with Crippen LogP contribution in [0.1, 0.15) is 20.8 Å². The summed E-state index contributed by atoms with van der Waals surface area (Å²) < 4.78 is 83.5. The Balaban J connectivity index is 3.47. The third-order valence-electron chi connectivity index (χ3n) is 6.15. The maximum absolute atomic E-state index is 13.2. The van der Waals surface area contributed by atoms with Crippen molar-refractivity contribution in [1.82, 2.24) is 9.80 Å². The fourth-order valence-corrected chi connectivity index (χ4v) is 4.56. The summed E-state index contributed by atoms with van der Waals surface area (Å²) in [6, 6.07) is 0. The number of carbonyl (C=O) groups is 1. The molecule has 1 heterocycles. The van der Waals surface area contributed by atoms with Crippen molar-refractivity contribution in [2.45, 2.75) is 60.2 Å². The molecule has 0 spiro atoms. The molecule has 0 aromatic heterocycles. The van der Waals surface area contributed by atoms with E-state index in [1.54, 1.807) is 31.4 Å². The normalized spacial score (nSPS) is 22.9. The van der Waals surface area contributed by atoms with E-state index in [1.807, 2.05) is 36.5 Å². The minimum absolute atomic E-state index is 0.106. The van der Waals surface area contributed by atoms with Crippen molar-refractivity contribution >= 4 is 61.0 Å². The number of rotatable bonds is 1. The van der Waals surface area contributed by atoms with Gasteiger partial charge in [-0.15, -0.1) is 0 Å². The number of hydrogen-bond acceptors (Lipinski definition) is 3. The van der Waals surface area contributed by atoms with Crippen molar-refractivity contribution in [2.75, 3.05) is 6.54 Å². The van der Waals surface area contributed by atoms with E-state index in [0.29, 0.717) is 0 Å². The van der Waals surface area contributed by atoms with Gasteiger partial charge in [0.1, 0.15) is 47.1 Å². The molecule has 17 heteroatoms. The van der Waals surface area contributed by atoms with Crippen molar-refractivity contribution in [3.63, 3.8) is 0 Å². The Morgan fingerprint density at radius 3 is 1.55 bits per heavy atom. The summed E-state index contributed by atoms with van der Waals surface area (Å²) in [5.74, 6) is 0. The van der Waals surface area contributed by atoms with E-state index < -0.39 is 40.0 Å². The van der Waals surface area contributed by atoms with E-state index in [2.05, 4.69) is 9.64 Å². The summed E-state index contributed by atoms with van der Waals surface area (Å²) in [6.45, 7) is 5.78. The van der Waals surface area contributed by atoms with Gasteiger partial charge < -0.3 is 14.5 Å². The quantitative estimate of drug-likeness (QED) is 0.319. The van der Waals surface area contributed by atoms with Crippen LogP contribution in [0.25, 0.3) is 0 Å². The lowest BCUT2D eigenvalue weighted by Gasteiger charge is -2.69. The van der Waals surface area contributed by atoms with E-state index in [-0.39, 0.29) is 19.9 Å². The largest absolute Gasteiger partial charge is 0.433 e. The van der Waals surface area contributed by atoms with Gasteiger partial charge in [0.05, 0.1) is 0 Å². The van der Waals surface area contributed by atoms with Crippen LogP contribution in [-0.4, -0.2) is 117 Å². The van der Waals surface area contributed by atoms with Gasteiger partial charge in [0.15, 0.2) is 7.85 Å². The van der Waals surface area contributed by atoms with Gasteiger partial charge in [0, 0.05) is 12.1 Å². The SMILES string of the molecule is BC1(B)CN(C(=O)OC(B)(C(F)(F)F)C(F)(F)F)C(B)(B)C(B)(B)N1C(C)(C)C. The zero-order chi connectivity index (χ0) is 23.6. The molecule has 29 heavy (non-hydrogen) atoms. The molecule has 0 radical (unpaired) electrons. The van der Waals surface area contributed by atoms with E-state index >= 15 is 0 Å². The lowest BCUT2D eigenvalue weighted by Crippen LogP contribution is -2.87. The first-order valence-corrected chi connectivity index (χ1v) is 9.28. The van der Waals surface area contributed by atoms with Crippen molar-refractivity contribution in [3.05, 3.63) is 0 Å². The lowest BCUT2D eigenvalue weighted by atomic mass is 9.33. The number of halogens is 6. The Hall–Kier alpha value is -0.735. The minimum Gasteiger partial charge on any atom is -0.433 e. The molecule has 0 atom stereocenters. The predicted octanol–water partition coefficient (Wildman–Crippen LogP) is -4.25. The van der Waals surface area contributed by atoms with Gasteiger partial charge in [-0.25, -0.2) is 4.79 Å². The molecule has 1 amide bonds. The van der Waals surface area contributed by atoms with Crippen LogP contribution in [0.3, 0.4) is 0 Å². The molecular weight excluding hydrogens is 394 g/mol. The summed E-state index contributed by atoms with van der Waals surface area (Å²) in [6.07, 6.45) is -13.3. The molecule has 0 aromatic rings. The first-order chi connectivity index (χ1) is 12.3. The molecule has 158 valence electrons. The number of ether oxygens (including phenoxy) is 1. The number of hydrogen-bond donors (Lipinski definition) is 0. The van der Waals surface area contributed by atoms with Crippen LogP contribution in [0.5, 0.6) is 0 Å². The Morgan fingerprint density at radius 1 is 0.862 bits per heavy atom. The predicted molar refractivity (Wildman–Crippen MR) is 118 cm³/mol. The van der Waals surface area contributed by atoms with Gasteiger partial charge in [0.2, 0.25) is 0 Å². The van der Waals surface area contributed by atoms with Crippen LogP contribution in [0.15, 0.2) is 0 Å².